The number of unbranched alkanes of at least 4 members (excludes halogenated alkanes) is 2. The van der Waals surface area contributed by atoms with Gasteiger partial charge < -0.3 is 23.3 Å². The third-order valence-corrected chi connectivity index (χ3v) is 5.34. The second-order valence-electron chi connectivity index (χ2n) is 6.17. The van der Waals surface area contributed by atoms with Gasteiger partial charge in [0, 0.05) is 16.3 Å². The number of benzene rings is 2. The van der Waals surface area contributed by atoms with Crippen molar-refractivity contribution in [1.82, 2.24) is 4.98 Å². The minimum absolute atomic E-state index is 0.794. The van der Waals surface area contributed by atoms with E-state index in [0.29, 0.717) is 0 Å². The molecule has 0 saturated heterocycles. The topological polar surface area (TPSA) is 69.8 Å². The fraction of sp³-hybridized carbons (Fsp3) is 0.217. The van der Waals surface area contributed by atoms with Gasteiger partial charge in [-0.1, -0.05) is 69.8 Å². The summed E-state index contributed by atoms with van der Waals surface area (Å²) in [6.07, 6.45) is 6.42. The van der Waals surface area contributed by atoms with E-state index in [9.17, 15) is 4.57 Å². The van der Waals surface area contributed by atoms with Crippen LogP contribution >= 0.6 is 7.82 Å². The van der Waals surface area contributed by atoms with Crippen molar-refractivity contribution in [2.75, 3.05) is 6.61 Å². The molecule has 0 saturated carbocycles. The molecule has 0 aliphatic heterocycles. The molecular formula is C23H28NO5P. The van der Waals surface area contributed by atoms with Crippen LogP contribution in [0.2, 0.25) is 0 Å². The van der Waals surface area contributed by atoms with Crippen molar-refractivity contribution in [1.29, 1.82) is 0 Å². The van der Waals surface area contributed by atoms with Crippen molar-refractivity contribution in [2.24, 2.45) is 0 Å². The molecule has 0 amide bonds. The highest BCUT2D eigenvalue weighted by atomic mass is 31.2. The van der Waals surface area contributed by atoms with Crippen LogP contribution in [0, 0.1) is 0 Å². The molecule has 0 atom stereocenters. The largest absolute Gasteiger partial charge is 0.645 e. The average molecular weight is 429 g/mol. The summed E-state index contributed by atoms with van der Waals surface area (Å²) in [6.45, 7) is 12.6. The predicted molar refractivity (Wildman–Crippen MR) is 122 cm³/mol. The Kier molecular flexibility index (Phi) is 9.10. The molecule has 1 heterocycles. The summed E-state index contributed by atoms with van der Waals surface area (Å²) in [7, 11) is -3.57. The molecule has 30 heavy (non-hydrogen) atoms. The Morgan fingerprint density at radius 1 is 0.900 bits per heavy atom. The molecule has 0 aliphatic carbocycles. The van der Waals surface area contributed by atoms with Gasteiger partial charge in [0.05, 0.1) is 30.9 Å². The van der Waals surface area contributed by atoms with Crippen molar-refractivity contribution >= 4 is 29.6 Å². The first kappa shape index (κ1) is 23.2. The minimum atomic E-state index is -3.57. The number of nitrogens with one attached hydrogen (secondary N) is 1. The highest BCUT2D eigenvalue weighted by molar-refractivity contribution is 7.48. The fourth-order valence-corrected chi connectivity index (χ4v) is 3.55. The molecular weight excluding hydrogens is 401 g/mol. The number of phosphoric acid groups is 1. The minimum Gasteiger partial charge on any atom is -0.491 e. The highest BCUT2D eigenvalue weighted by Gasteiger charge is 2.26. The lowest BCUT2D eigenvalue weighted by atomic mass is 10.1. The Labute approximate surface area is 177 Å². The number of aromatic nitrogens is 1. The monoisotopic (exact) mass is 429 g/mol. The van der Waals surface area contributed by atoms with E-state index in [1.54, 1.807) is 0 Å². The molecule has 3 rings (SSSR count). The Morgan fingerprint density at radius 3 is 2.17 bits per heavy atom. The SMILES string of the molecule is C=COP(=O)(OC=C)OC=C.CCCCCOc1cccc2c1[nH]c1ccccc12. The summed E-state index contributed by atoms with van der Waals surface area (Å²) in [6, 6.07) is 14.6. The van der Waals surface area contributed by atoms with Crippen LogP contribution in [0.5, 0.6) is 5.75 Å². The maximum Gasteiger partial charge on any atom is 0.645 e. The Morgan fingerprint density at radius 2 is 1.53 bits per heavy atom. The summed E-state index contributed by atoms with van der Waals surface area (Å²) in [5, 5.41) is 2.50. The lowest BCUT2D eigenvalue weighted by Crippen LogP contribution is -1.97. The van der Waals surface area contributed by atoms with Gasteiger partial charge >= 0.3 is 7.82 Å². The molecule has 160 valence electrons. The summed E-state index contributed by atoms with van der Waals surface area (Å²) in [5.41, 5.74) is 2.28. The molecule has 7 heteroatoms. The first-order valence-electron chi connectivity index (χ1n) is 9.68. The van der Waals surface area contributed by atoms with Gasteiger partial charge in [0.2, 0.25) is 0 Å². The number of H-pyrrole nitrogens is 1. The lowest BCUT2D eigenvalue weighted by Gasteiger charge is -2.11. The smallest absolute Gasteiger partial charge is 0.491 e. The predicted octanol–water partition coefficient (Wildman–Crippen LogP) is 7.46. The molecule has 0 aliphatic rings. The quantitative estimate of drug-likeness (QED) is 0.195. The van der Waals surface area contributed by atoms with Crippen LogP contribution in [-0.4, -0.2) is 11.6 Å². The number of ether oxygens (including phenoxy) is 1. The lowest BCUT2D eigenvalue weighted by molar-refractivity contribution is 0.231. The summed E-state index contributed by atoms with van der Waals surface area (Å²) < 4.78 is 30.4. The van der Waals surface area contributed by atoms with Gasteiger partial charge in [-0.25, -0.2) is 0 Å². The van der Waals surface area contributed by atoms with Gasteiger partial charge in [0.25, 0.3) is 0 Å². The van der Waals surface area contributed by atoms with E-state index in [1.807, 2.05) is 6.07 Å². The van der Waals surface area contributed by atoms with E-state index in [0.717, 1.165) is 43.1 Å². The van der Waals surface area contributed by atoms with E-state index in [4.69, 9.17) is 4.74 Å². The van der Waals surface area contributed by atoms with E-state index in [1.165, 1.54) is 29.1 Å². The van der Waals surface area contributed by atoms with Crippen molar-refractivity contribution in [3.05, 3.63) is 81.0 Å². The average Bonchev–Trinajstić information content (AvgIpc) is 3.12. The molecule has 6 nitrogen and oxygen atoms in total. The van der Waals surface area contributed by atoms with Crippen molar-refractivity contribution in [3.8, 4) is 5.75 Å². The normalized spacial score (nSPS) is 10.6. The van der Waals surface area contributed by atoms with Crippen LogP contribution in [0.1, 0.15) is 26.2 Å². The maximum absolute atomic E-state index is 11.1. The van der Waals surface area contributed by atoms with Crippen LogP contribution in [0.3, 0.4) is 0 Å². The molecule has 0 radical (unpaired) electrons. The van der Waals surface area contributed by atoms with Crippen molar-refractivity contribution < 1.29 is 22.9 Å². The van der Waals surface area contributed by atoms with Gasteiger partial charge in [-0.05, 0) is 18.6 Å². The summed E-state index contributed by atoms with van der Waals surface area (Å²) in [5.74, 6) is 0.963. The number of rotatable bonds is 11. The van der Waals surface area contributed by atoms with Crippen molar-refractivity contribution in [2.45, 2.75) is 26.2 Å². The Bertz CT molecular complexity index is 993. The van der Waals surface area contributed by atoms with E-state index in [-0.39, 0.29) is 0 Å². The highest BCUT2D eigenvalue weighted by Crippen LogP contribution is 2.49. The molecule has 0 unspecified atom stereocenters. The fourth-order valence-electron chi connectivity index (χ4n) is 2.85. The van der Waals surface area contributed by atoms with Crippen LogP contribution < -0.4 is 4.74 Å². The standard InChI is InChI=1S/C17H19NO.C6H9O4P/c1-2-3-6-12-19-16-11-7-9-14-13-8-4-5-10-15(13)18-17(14)16;1-4-8-11(7,9-5-2)10-6-3/h4-5,7-11,18H,2-3,6,12H2,1H3;4-6H,1-3H2. The van der Waals surface area contributed by atoms with E-state index in [2.05, 4.69) is 81.6 Å². The summed E-state index contributed by atoms with van der Waals surface area (Å²) in [4.78, 5) is 3.46. The third kappa shape index (κ3) is 6.19. The van der Waals surface area contributed by atoms with Crippen LogP contribution in [0.25, 0.3) is 21.8 Å². The van der Waals surface area contributed by atoms with Crippen LogP contribution in [0.4, 0.5) is 0 Å². The van der Waals surface area contributed by atoms with Gasteiger partial charge in [-0.3, -0.25) is 0 Å². The van der Waals surface area contributed by atoms with E-state index >= 15 is 0 Å². The first-order valence-corrected chi connectivity index (χ1v) is 11.1. The Hall–Kier alpha value is -3.11. The third-order valence-electron chi connectivity index (χ3n) is 4.12. The molecule has 1 aromatic heterocycles. The maximum atomic E-state index is 11.1. The van der Waals surface area contributed by atoms with Crippen molar-refractivity contribution in [3.63, 3.8) is 0 Å². The number of para-hydroxylation sites is 2. The van der Waals surface area contributed by atoms with Crippen LogP contribution in [-0.2, 0) is 18.1 Å². The van der Waals surface area contributed by atoms with Gasteiger partial charge in [-0.15, -0.1) is 0 Å². The molecule has 0 spiro atoms. The molecule has 0 bridgehead atoms. The molecule has 3 aromatic rings. The van der Waals surface area contributed by atoms with E-state index < -0.39 is 7.82 Å². The number of hydrogen-bond donors (Lipinski definition) is 1. The number of phosphoric ester groups is 1. The first-order chi connectivity index (χ1) is 14.6. The number of fused-ring (bicyclic) bond motifs is 3. The number of hydrogen-bond acceptors (Lipinski definition) is 5. The Balaban J connectivity index is 0.000000252. The zero-order valence-corrected chi connectivity index (χ0v) is 18.1. The molecule has 0 fully saturated rings. The second kappa shape index (κ2) is 11.8. The van der Waals surface area contributed by atoms with Crippen LogP contribution in [0.15, 0.2) is 81.0 Å². The zero-order chi connectivity index (χ0) is 21.8. The van der Waals surface area contributed by atoms with Gasteiger partial charge in [0.1, 0.15) is 5.75 Å². The molecule has 1 N–H and O–H groups in total. The zero-order valence-electron chi connectivity index (χ0n) is 17.2. The van der Waals surface area contributed by atoms with Gasteiger partial charge in [-0.2, -0.15) is 4.57 Å². The second-order valence-corrected chi connectivity index (χ2v) is 7.70. The summed E-state index contributed by atoms with van der Waals surface area (Å²) >= 11 is 0. The number of aromatic amines is 1. The van der Waals surface area contributed by atoms with Gasteiger partial charge in [0.15, 0.2) is 0 Å². The molecule has 2 aromatic carbocycles.